The molecular weight excluding hydrogens is 146 g/mol. The second kappa shape index (κ2) is 6.93. The van der Waals surface area contributed by atoms with Gasteiger partial charge in [0.2, 0.25) is 5.91 Å². The molecule has 0 aliphatic rings. The topological polar surface area (TPSA) is 29.1 Å². The minimum Gasteiger partial charge on any atom is -0.355 e. The van der Waals surface area contributed by atoms with Crippen molar-refractivity contribution in [3.63, 3.8) is 0 Å². The molecule has 0 aromatic rings. The molecule has 0 saturated heterocycles. The van der Waals surface area contributed by atoms with E-state index in [-0.39, 0.29) is 5.91 Å². The molecule has 59 valence electrons. The first-order chi connectivity index (χ1) is 4.81. The van der Waals surface area contributed by atoms with Crippen molar-refractivity contribution in [1.82, 2.24) is 5.32 Å². The van der Waals surface area contributed by atoms with Crippen molar-refractivity contribution in [2.75, 3.05) is 12.3 Å². The molecule has 0 rings (SSSR count). The summed E-state index contributed by atoms with van der Waals surface area (Å²) in [7, 11) is 0. The lowest BCUT2D eigenvalue weighted by Crippen LogP contribution is -2.24. The summed E-state index contributed by atoms with van der Waals surface area (Å²) in [5.41, 5.74) is 0. The summed E-state index contributed by atoms with van der Waals surface area (Å²) in [6.45, 7) is 4.31. The van der Waals surface area contributed by atoms with E-state index < -0.39 is 0 Å². The lowest BCUT2D eigenvalue weighted by molar-refractivity contribution is -0.121. The Morgan fingerprint density at radius 3 is 2.80 bits per heavy atom. The molecule has 0 aromatic carbocycles. The van der Waals surface area contributed by atoms with Gasteiger partial charge in [0, 0.05) is 18.7 Å². The molecular formula is C7H14NOS. The van der Waals surface area contributed by atoms with Crippen LogP contribution in [0.2, 0.25) is 0 Å². The molecule has 0 spiro atoms. The molecule has 10 heavy (non-hydrogen) atoms. The van der Waals surface area contributed by atoms with Gasteiger partial charge in [-0.3, -0.25) is 4.79 Å². The van der Waals surface area contributed by atoms with Gasteiger partial charge in [-0.05, 0) is 6.42 Å². The Morgan fingerprint density at radius 1 is 1.60 bits per heavy atom. The molecule has 0 bridgehead atoms. The number of thiol groups is 1. The van der Waals surface area contributed by atoms with Gasteiger partial charge in [-0.15, -0.1) is 0 Å². The van der Waals surface area contributed by atoms with E-state index in [4.69, 9.17) is 0 Å². The summed E-state index contributed by atoms with van der Waals surface area (Å²) in [4.78, 5) is 10.8. The highest BCUT2D eigenvalue weighted by atomic mass is 32.1. The molecule has 0 aliphatic heterocycles. The van der Waals surface area contributed by atoms with E-state index >= 15 is 0 Å². The molecule has 2 nitrogen and oxygen atoms in total. The molecule has 0 aliphatic carbocycles. The Kier molecular flexibility index (Phi) is 6.81. The Balaban J connectivity index is 3.09. The monoisotopic (exact) mass is 160 g/mol. The third-order valence-electron chi connectivity index (χ3n) is 1.09. The Morgan fingerprint density at radius 2 is 2.30 bits per heavy atom. The number of nitrogens with one attached hydrogen (secondary N) is 1. The van der Waals surface area contributed by atoms with Gasteiger partial charge in [-0.2, -0.15) is 12.6 Å². The van der Waals surface area contributed by atoms with Crippen molar-refractivity contribution < 1.29 is 4.79 Å². The number of carbonyl (C=O) groups is 1. The molecule has 3 heteroatoms. The van der Waals surface area contributed by atoms with Crippen LogP contribution < -0.4 is 5.32 Å². The van der Waals surface area contributed by atoms with Gasteiger partial charge in [-0.1, -0.05) is 13.3 Å². The van der Waals surface area contributed by atoms with E-state index in [1.165, 1.54) is 0 Å². The zero-order chi connectivity index (χ0) is 7.82. The standard InChI is InChI=1S/C7H14NOS/c1-2-3-4-7(9)8-5-6-10/h10H,1-6H2,(H,8,9). The van der Waals surface area contributed by atoms with Crippen molar-refractivity contribution in [2.45, 2.75) is 19.3 Å². The molecule has 0 aromatic heterocycles. The maximum absolute atomic E-state index is 10.8. The van der Waals surface area contributed by atoms with Gasteiger partial charge in [0.25, 0.3) is 0 Å². The molecule has 0 heterocycles. The summed E-state index contributed by atoms with van der Waals surface area (Å²) >= 11 is 3.96. The molecule has 0 saturated carbocycles. The van der Waals surface area contributed by atoms with Crippen LogP contribution in [0.15, 0.2) is 0 Å². The first-order valence-electron chi connectivity index (χ1n) is 3.48. The third kappa shape index (κ3) is 5.95. The summed E-state index contributed by atoms with van der Waals surface area (Å²) in [5.74, 6) is 0.813. The van der Waals surface area contributed by atoms with Gasteiger partial charge >= 0.3 is 0 Å². The van der Waals surface area contributed by atoms with Crippen LogP contribution in [-0.4, -0.2) is 18.2 Å². The van der Waals surface area contributed by atoms with Crippen LogP contribution in [0.25, 0.3) is 0 Å². The Hall–Kier alpha value is -0.180. The average Bonchev–Trinajstić information content (AvgIpc) is 1.97. The summed E-state index contributed by atoms with van der Waals surface area (Å²) in [6, 6.07) is 0. The number of unbranched alkanes of at least 4 members (excludes halogenated alkanes) is 1. The summed E-state index contributed by atoms with van der Waals surface area (Å²) < 4.78 is 0. The molecule has 0 unspecified atom stereocenters. The van der Waals surface area contributed by atoms with E-state index in [2.05, 4.69) is 24.9 Å². The zero-order valence-corrected chi connectivity index (χ0v) is 6.99. The quantitative estimate of drug-likeness (QED) is 0.578. The number of carbonyl (C=O) groups excluding carboxylic acids is 1. The van der Waals surface area contributed by atoms with Gasteiger partial charge < -0.3 is 5.32 Å². The Labute approximate surface area is 67.8 Å². The van der Waals surface area contributed by atoms with E-state index in [9.17, 15) is 4.79 Å². The first kappa shape index (κ1) is 9.82. The van der Waals surface area contributed by atoms with E-state index in [0.717, 1.165) is 12.8 Å². The van der Waals surface area contributed by atoms with Crippen LogP contribution in [0.3, 0.4) is 0 Å². The maximum atomic E-state index is 10.8. The highest BCUT2D eigenvalue weighted by Crippen LogP contribution is 1.91. The lowest BCUT2D eigenvalue weighted by atomic mass is 10.2. The van der Waals surface area contributed by atoms with Crippen LogP contribution in [0.4, 0.5) is 0 Å². The van der Waals surface area contributed by atoms with Crippen molar-refractivity contribution in [3.8, 4) is 0 Å². The van der Waals surface area contributed by atoms with Crippen molar-refractivity contribution >= 4 is 18.5 Å². The van der Waals surface area contributed by atoms with Gasteiger partial charge in [0.05, 0.1) is 0 Å². The smallest absolute Gasteiger partial charge is 0.220 e. The van der Waals surface area contributed by atoms with Gasteiger partial charge in [0.1, 0.15) is 0 Å². The molecule has 0 atom stereocenters. The molecule has 1 radical (unpaired) electrons. The predicted octanol–water partition coefficient (Wildman–Crippen LogP) is 1.04. The lowest BCUT2D eigenvalue weighted by Gasteiger charge is -2.00. The second-order valence-electron chi connectivity index (χ2n) is 2.03. The zero-order valence-electron chi connectivity index (χ0n) is 6.10. The highest BCUT2D eigenvalue weighted by molar-refractivity contribution is 7.80. The van der Waals surface area contributed by atoms with E-state index in [0.29, 0.717) is 18.7 Å². The van der Waals surface area contributed by atoms with Crippen LogP contribution >= 0.6 is 12.6 Å². The molecule has 1 N–H and O–H groups in total. The number of hydrogen-bond donors (Lipinski definition) is 2. The average molecular weight is 160 g/mol. The second-order valence-corrected chi connectivity index (χ2v) is 2.48. The van der Waals surface area contributed by atoms with Crippen LogP contribution in [-0.2, 0) is 4.79 Å². The van der Waals surface area contributed by atoms with E-state index in [1.807, 2.05) is 0 Å². The summed E-state index contributed by atoms with van der Waals surface area (Å²) in [5, 5.41) is 2.72. The highest BCUT2D eigenvalue weighted by Gasteiger charge is 1.96. The summed E-state index contributed by atoms with van der Waals surface area (Å²) in [6.07, 6.45) is 2.30. The molecule has 1 amide bonds. The largest absolute Gasteiger partial charge is 0.355 e. The van der Waals surface area contributed by atoms with Gasteiger partial charge in [0.15, 0.2) is 0 Å². The number of amides is 1. The Bertz CT molecular complexity index is 85.6. The van der Waals surface area contributed by atoms with Crippen molar-refractivity contribution in [3.05, 3.63) is 6.92 Å². The van der Waals surface area contributed by atoms with Crippen LogP contribution in [0, 0.1) is 6.92 Å². The van der Waals surface area contributed by atoms with Crippen molar-refractivity contribution in [2.24, 2.45) is 0 Å². The van der Waals surface area contributed by atoms with Crippen LogP contribution in [0.1, 0.15) is 19.3 Å². The fourth-order valence-electron chi connectivity index (χ4n) is 0.569. The number of hydrogen-bond acceptors (Lipinski definition) is 2. The molecule has 0 fully saturated rings. The minimum atomic E-state index is 0.109. The normalized spacial score (nSPS) is 9.40. The third-order valence-corrected chi connectivity index (χ3v) is 1.31. The SMILES string of the molecule is [CH2]CCCC(=O)NCCS. The van der Waals surface area contributed by atoms with Crippen LogP contribution in [0.5, 0.6) is 0 Å². The maximum Gasteiger partial charge on any atom is 0.220 e. The van der Waals surface area contributed by atoms with Gasteiger partial charge in [-0.25, -0.2) is 0 Å². The predicted molar refractivity (Wildman–Crippen MR) is 46.1 cm³/mol. The fraction of sp³-hybridized carbons (Fsp3) is 0.714. The minimum absolute atomic E-state index is 0.109. The fourth-order valence-corrected chi connectivity index (χ4v) is 0.681. The first-order valence-corrected chi connectivity index (χ1v) is 4.11. The van der Waals surface area contributed by atoms with E-state index in [1.54, 1.807) is 0 Å². The van der Waals surface area contributed by atoms with Crippen molar-refractivity contribution in [1.29, 1.82) is 0 Å². The number of rotatable bonds is 5.